The SMILES string of the molecule is COc1ccc2c(c1OC)C(OCCCCl)NC(c1ccc(O)c(O)c1)=C2. The van der Waals surface area contributed by atoms with Crippen molar-refractivity contribution in [3.8, 4) is 23.0 Å². The molecule has 0 aliphatic carbocycles. The molecule has 144 valence electrons. The average molecular weight is 392 g/mol. The molecule has 7 heteroatoms. The number of halogens is 1. The van der Waals surface area contributed by atoms with E-state index in [1.54, 1.807) is 20.3 Å². The summed E-state index contributed by atoms with van der Waals surface area (Å²) in [6.45, 7) is 0.467. The second-order valence-electron chi connectivity index (χ2n) is 6.00. The highest BCUT2D eigenvalue weighted by Crippen LogP contribution is 2.42. The summed E-state index contributed by atoms with van der Waals surface area (Å²) in [7, 11) is 3.18. The van der Waals surface area contributed by atoms with Gasteiger partial charge in [0.2, 0.25) is 0 Å². The number of fused-ring (bicyclic) bond motifs is 1. The van der Waals surface area contributed by atoms with E-state index in [1.165, 1.54) is 12.1 Å². The van der Waals surface area contributed by atoms with E-state index in [1.807, 2.05) is 18.2 Å². The molecule has 0 amide bonds. The molecule has 1 aliphatic heterocycles. The second-order valence-corrected chi connectivity index (χ2v) is 6.38. The number of aromatic hydroxyl groups is 2. The molecule has 27 heavy (non-hydrogen) atoms. The number of alkyl halides is 1. The van der Waals surface area contributed by atoms with Crippen molar-refractivity contribution in [2.24, 2.45) is 0 Å². The molecule has 0 radical (unpaired) electrons. The van der Waals surface area contributed by atoms with Gasteiger partial charge in [-0.2, -0.15) is 0 Å². The molecule has 0 aromatic heterocycles. The van der Waals surface area contributed by atoms with Gasteiger partial charge in [0.15, 0.2) is 29.2 Å². The van der Waals surface area contributed by atoms with Gasteiger partial charge in [-0.3, -0.25) is 0 Å². The third-order valence-corrected chi connectivity index (χ3v) is 4.58. The topological polar surface area (TPSA) is 80.2 Å². The van der Waals surface area contributed by atoms with E-state index in [0.717, 1.165) is 22.4 Å². The zero-order chi connectivity index (χ0) is 19.4. The molecular formula is C20H22ClNO5. The highest BCUT2D eigenvalue weighted by Gasteiger charge is 2.28. The van der Waals surface area contributed by atoms with Crippen molar-refractivity contribution in [2.75, 3.05) is 26.7 Å². The molecule has 0 saturated carbocycles. The van der Waals surface area contributed by atoms with Gasteiger partial charge in [0.25, 0.3) is 0 Å². The first-order valence-corrected chi connectivity index (χ1v) is 9.05. The van der Waals surface area contributed by atoms with Crippen LogP contribution >= 0.6 is 11.6 Å². The minimum Gasteiger partial charge on any atom is -0.504 e. The van der Waals surface area contributed by atoms with Gasteiger partial charge in [-0.25, -0.2) is 0 Å². The molecule has 0 spiro atoms. The maximum absolute atomic E-state index is 9.83. The van der Waals surface area contributed by atoms with Crippen molar-refractivity contribution in [1.29, 1.82) is 0 Å². The van der Waals surface area contributed by atoms with Gasteiger partial charge in [0.1, 0.15) is 0 Å². The van der Waals surface area contributed by atoms with Crippen LogP contribution in [0.1, 0.15) is 29.3 Å². The molecular weight excluding hydrogens is 370 g/mol. The molecule has 1 atom stereocenters. The van der Waals surface area contributed by atoms with Gasteiger partial charge in [0, 0.05) is 17.1 Å². The van der Waals surface area contributed by atoms with E-state index in [2.05, 4.69) is 5.32 Å². The van der Waals surface area contributed by atoms with Crippen LogP contribution in [-0.2, 0) is 4.74 Å². The summed E-state index contributed by atoms with van der Waals surface area (Å²) in [6, 6.07) is 8.42. The lowest BCUT2D eigenvalue weighted by Crippen LogP contribution is -2.27. The zero-order valence-corrected chi connectivity index (χ0v) is 15.9. The van der Waals surface area contributed by atoms with Gasteiger partial charge in [-0.1, -0.05) is 6.07 Å². The first-order valence-electron chi connectivity index (χ1n) is 8.52. The van der Waals surface area contributed by atoms with Gasteiger partial charge in [0.05, 0.1) is 26.4 Å². The summed E-state index contributed by atoms with van der Waals surface area (Å²) in [5, 5.41) is 22.7. The van der Waals surface area contributed by atoms with Gasteiger partial charge in [-0.05, 0) is 42.3 Å². The van der Waals surface area contributed by atoms with Crippen LogP contribution in [-0.4, -0.2) is 36.9 Å². The fourth-order valence-electron chi connectivity index (χ4n) is 3.01. The highest BCUT2D eigenvalue weighted by molar-refractivity contribution is 6.17. The lowest BCUT2D eigenvalue weighted by molar-refractivity contribution is 0.0383. The number of phenols is 2. The van der Waals surface area contributed by atoms with Crippen LogP contribution in [0.25, 0.3) is 11.8 Å². The Morgan fingerprint density at radius 2 is 1.89 bits per heavy atom. The number of ether oxygens (including phenoxy) is 3. The van der Waals surface area contributed by atoms with E-state index in [-0.39, 0.29) is 11.5 Å². The summed E-state index contributed by atoms with van der Waals surface area (Å²) < 4.78 is 17.0. The number of methoxy groups -OCH3 is 2. The lowest BCUT2D eigenvalue weighted by atomic mass is 9.96. The number of benzene rings is 2. The van der Waals surface area contributed by atoms with E-state index in [0.29, 0.717) is 30.4 Å². The Bertz CT molecular complexity index is 853. The molecule has 1 heterocycles. The van der Waals surface area contributed by atoms with Crippen molar-refractivity contribution >= 4 is 23.4 Å². The normalized spacial score (nSPS) is 15.5. The maximum Gasteiger partial charge on any atom is 0.169 e. The van der Waals surface area contributed by atoms with Gasteiger partial charge in [-0.15, -0.1) is 11.6 Å². The summed E-state index contributed by atoms with van der Waals surface area (Å²) in [5.74, 6) is 1.36. The third kappa shape index (κ3) is 3.91. The van der Waals surface area contributed by atoms with Crippen molar-refractivity contribution in [1.82, 2.24) is 5.32 Å². The van der Waals surface area contributed by atoms with E-state index in [4.69, 9.17) is 25.8 Å². The van der Waals surface area contributed by atoms with E-state index in [9.17, 15) is 10.2 Å². The Labute approximate surface area is 162 Å². The second kappa shape index (κ2) is 8.41. The number of nitrogens with one attached hydrogen (secondary N) is 1. The number of hydrogen-bond donors (Lipinski definition) is 3. The van der Waals surface area contributed by atoms with Crippen molar-refractivity contribution in [2.45, 2.75) is 12.6 Å². The molecule has 6 nitrogen and oxygen atoms in total. The van der Waals surface area contributed by atoms with Crippen molar-refractivity contribution in [3.63, 3.8) is 0 Å². The minimum atomic E-state index is -0.482. The fraction of sp³-hybridized carbons (Fsp3) is 0.300. The Hall–Kier alpha value is -2.57. The fourth-order valence-corrected chi connectivity index (χ4v) is 3.12. The molecule has 2 aromatic rings. The largest absolute Gasteiger partial charge is 0.504 e. The quantitative estimate of drug-likeness (QED) is 0.378. The van der Waals surface area contributed by atoms with E-state index >= 15 is 0 Å². The number of hydrogen-bond acceptors (Lipinski definition) is 6. The summed E-state index contributed by atoms with van der Waals surface area (Å²) >= 11 is 5.77. The van der Waals surface area contributed by atoms with Crippen molar-refractivity contribution < 1.29 is 24.4 Å². The molecule has 1 unspecified atom stereocenters. The van der Waals surface area contributed by atoms with Crippen LogP contribution in [0.15, 0.2) is 30.3 Å². The third-order valence-electron chi connectivity index (χ3n) is 4.32. The molecule has 3 N–H and O–H groups in total. The molecule has 0 fully saturated rings. The molecule has 1 aliphatic rings. The predicted molar refractivity (Wildman–Crippen MR) is 104 cm³/mol. The molecule has 3 rings (SSSR count). The van der Waals surface area contributed by atoms with E-state index < -0.39 is 6.23 Å². The number of rotatable bonds is 7. The summed E-state index contributed by atoms with van der Waals surface area (Å²) in [4.78, 5) is 0. The van der Waals surface area contributed by atoms with Crippen LogP contribution in [0, 0.1) is 0 Å². The number of phenolic OH excluding ortho intramolecular Hbond substituents is 2. The zero-order valence-electron chi connectivity index (χ0n) is 15.2. The molecule has 0 saturated heterocycles. The smallest absolute Gasteiger partial charge is 0.169 e. The standard InChI is InChI=1S/C20H22ClNO5/c1-25-17-7-5-13-10-14(12-4-6-15(23)16(24)11-12)22-20(27-9-3-8-21)18(13)19(17)26-2/h4-7,10-11,20,22-24H,3,8-9H2,1-2H3. The first-order chi connectivity index (χ1) is 13.1. The highest BCUT2D eigenvalue weighted by atomic mass is 35.5. The Morgan fingerprint density at radius 1 is 1.07 bits per heavy atom. The Kier molecular flexibility index (Phi) is 5.98. The predicted octanol–water partition coefficient (Wildman–Crippen LogP) is 3.86. The molecule has 0 bridgehead atoms. The van der Waals surface area contributed by atoms with Crippen LogP contribution in [0.5, 0.6) is 23.0 Å². The van der Waals surface area contributed by atoms with Crippen LogP contribution in [0.3, 0.4) is 0 Å². The monoisotopic (exact) mass is 391 g/mol. The van der Waals surface area contributed by atoms with Gasteiger partial charge >= 0.3 is 0 Å². The Morgan fingerprint density at radius 3 is 2.56 bits per heavy atom. The summed E-state index contributed by atoms with van der Waals surface area (Å²) in [5.41, 5.74) is 3.21. The van der Waals surface area contributed by atoms with Gasteiger partial charge < -0.3 is 29.7 Å². The van der Waals surface area contributed by atoms with Crippen molar-refractivity contribution in [3.05, 3.63) is 47.0 Å². The Balaban J connectivity index is 2.06. The summed E-state index contributed by atoms with van der Waals surface area (Å²) in [6.07, 6.45) is 2.16. The lowest BCUT2D eigenvalue weighted by Gasteiger charge is -2.30. The van der Waals surface area contributed by atoms with Crippen LogP contribution in [0.2, 0.25) is 0 Å². The molecule has 2 aromatic carbocycles. The maximum atomic E-state index is 9.83. The average Bonchev–Trinajstić information content (AvgIpc) is 2.69. The van der Waals surface area contributed by atoms with Crippen LogP contribution in [0.4, 0.5) is 0 Å². The minimum absolute atomic E-state index is 0.170. The van der Waals surface area contributed by atoms with Crippen LogP contribution < -0.4 is 14.8 Å². The first kappa shape index (κ1) is 19.2.